The molecule has 2 amide bonds. The highest BCUT2D eigenvalue weighted by molar-refractivity contribution is 6.06. The van der Waals surface area contributed by atoms with Crippen LogP contribution in [0.2, 0.25) is 0 Å². The highest BCUT2D eigenvalue weighted by Crippen LogP contribution is 2.45. The van der Waals surface area contributed by atoms with Gasteiger partial charge in [0.15, 0.2) is 0 Å². The molecule has 2 aliphatic rings. The van der Waals surface area contributed by atoms with Gasteiger partial charge in [0.1, 0.15) is 0 Å². The van der Waals surface area contributed by atoms with Crippen LogP contribution in [0, 0.1) is 0 Å². The molecule has 0 aromatic carbocycles. The van der Waals surface area contributed by atoms with Crippen LogP contribution >= 0.6 is 0 Å². The van der Waals surface area contributed by atoms with Crippen LogP contribution in [0.3, 0.4) is 0 Å². The molecule has 1 heterocycles. The Morgan fingerprint density at radius 3 is 2.54 bits per heavy atom. The van der Waals surface area contributed by atoms with Crippen LogP contribution < -0.4 is 0 Å². The fourth-order valence-electron chi connectivity index (χ4n) is 2.49. The van der Waals surface area contributed by atoms with Gasteiger partial charge in [-0.2, -0.15) is 0 Å². The maximum atomic E-state index is 11.4. The van der Waals surface area contributed by atoms with Gasteiger partial charge in [0.25, 0.3) is 5.91 Å². The van der Waals surface area contributed by atoms with Crippen molar-refractivity contribution >= 4 is 11.8 Å². The Hall–Kier alpha value is -1.12. The summed E-state index contributed by atoms with van der Waals surface area (Å²) in [5, 5.41) is 0. The summed E-state index contributed by atoms with van der Waals surface area (Å²) in [5.41, 5.74) is -0.109. The largest absolute Gasteiger partial charge is 0.274 e. The molecule has 2 rings (SSSR count). The monoisotopic (exact) mass is 179 g/mol. The summed E-state index contributed by atoms with van der Waals surface area (Å²) < 4.78 is 0. The number of carbonyl (C=O) groups excluding carboxylic acids is 2. The van der Waals surface area contributed by atoms with Gasteiger partial charge < -0.3 is 0 Å². The molecule has 1 aliphatic heterocycles. The SMILES string of the molecule is C=CC(=O)N1C(=O)CC12CCCC2. The second kappa shape index (κ2) is 2.69. The zero-order valence-corrected chi connectivity index (χ0v) is 7.58. The van der Waals surface area contributed by atoms with E-state index >= 15 is 0 Å². The summed E-state index contributed by atoms with van der Waals surface area (Å²) in [6.45, 7) is 3.41. The first-order valence-corrected chi connectivity index (χ1v) is 4.69. The third-order valence-corrected chi connectivity index (χ3v) is 3.13. The lowest BCUT2D eigenvalue weighted by Crippen LogP contribution is -2.63. The molecule has 1 saturated heterocycles. The fraction of sp³-hybridized carbons (Fsp3) is 0.600. The summed E-state index contributed by atoms with van der Waals surface area (Å²) in [5.74, 6) is -0.259. The molecule has 1 saturated carbocycles. The molecule has 0 unspecified atom stereocenters. The molecule has 0 radical (unpaired) electrons. The molecule has 13 heavy (non-hydrogen) atoms. The van der Waals surface area contributed by atoms with Gasteiger partial charge in [-0.25, -0.2) is 0 Å². The number of likely N-dealkylation sites (tertiary alicyclic amines) is 1. The van der Waals surface area contributed by atoms with Gasteiger partial charge in [-0.15, -0.1) is 0 Å². The van der Waals surface area contributed by atoms with Gasteiger partial charge in [0.2, 0.25) is 5.91 Å². The second-order valence-corrected chi connectivity index (χ2v) is 3.88. The van der Waals surface area contributed by atoms with Crippen molar-refractivity contribution in [2.24, 2.45) is 0 Å². The van der Waals surface area contributed by atoms with E-state index in [9.17, 15) is 9.59 Å². The summed E-state index contributed by atoms with van der Waals surface area (Å²) in [6, 6.07) is 0. The van der Waals surface area contributed by atoms with Crippen LogP contribution in [0.5, 0.6) is 0 Å². The van der Waals surface area contributed by atoms with Crippen molar-refractivity contribution in [1.82, 2.24) is 4.90 Å². The van der Waals surface area contributed by atoms with E-state index < -0.39 is 0 Å². The molecule has 0 aromatic heterocycles. The number of β-lactam (4-membered cyclic amide) rings is 1. The summed E-state index contributed by atoms with van der Waals surface area (Å²) in [4.78, 5) is 24.0. The molecule has 2 fully saturated rings. The standard InChI is InChI=1S/C10H13NO2/c1-2-8(12)11-9(13)7-10(11)5-3-4-6-10/h2H,1,3-7H2. The van der Waals surface area contributed by atoms with Crippen molar-refractivity contribution in [1.29, 1.82) is 0 Å². The predicted molar refractivity (Wildman–Crippen MR) is 47.9 cm³/mol. The molecule has 0 aromatic rings. The van der Waals surface area contributed by atoms with Crippen molar-refractivity contribution in [3.8, 4) is 0 Å². The molecule has 0 bridgehead atoms. The highest BCUT2D eigenvalue weighted by atomic mass is 16.2. The third-order valence-electron chi connectivity index (χ3n) is 3.13. The predicted octanol–water partition coefficient (Wildman–Crippen LogP) is 1.24. The first-order valence-electron chi connectivity index (χ1n) is 4.69. The first kappa shape index (κ1) is 8.48. The summed E-state index contributed by atoms with van der Waals surface area (Å²) >= 11 is 0. The van der Waals surface area contributed by atoms with E-state index in [1.54, 1.807) is 0 Å². The lowest BCUT2D eigenvalue weighted by molar-refractivity contribution is -0.164. The normalized spacial score (nSPS) is 24.6. The van der Waals surface area contributed by atoms with E-state index in [4.69, 9.17) is 0 Å². The molecule has 70 valence electrons. The van der Waals surface area contributed by atoms with Gasteiger partial charge >= 0.3 is 0 Å². The minimum absolute atomic E-state index is 0.0354. The quantitative estimate of drug-likeness (QED) is 0.448. The Bertz CT molecular complexity index is 277. The Balaban J connectivity index is 2.19. The number of rotatable bonds is 1. The second-order valence-electron chi connectivity index (χ2n) is 3.88. The number of hydrogen-bond donors (Lipinski definition) is 0. The van der Waals surface area contributed by atoms with Gasteiger partial charge in [0.05, 0.1) is 12.0 Å². The van der Waals surface area contributed by atoms with Crippen LogP contribution in [-0.4, -0.2) is 22.3 Å². The van der Waals surface area contributed by atoms with Crippen molar-refractivity contribution < 1.29 is 9.59 Å². The Kier molecular flexibility index (Phi) is 1.75. The smallest absolute Gasteiger partial charge is 0.253 e. The number of nitrogens with zero attached hydrogens (tertiary/aromatic N) is 1. The topological polar surface area (TPSA) is 37.4 Å². The van der Waals surface area contributed by atoms with Gasteiger partial charge in [0, 0.05) is 0 Å². The zero-order valence-electron chi connectivity index (χ0n) is 7.58. The van der Waals surface area contributed by atoms with E-state index in [1.165, 1.54) is 11.0 Å². The van der Waals surface area contributed by atoms with Gasteiger partial charge in [-0.1, -0.05) is 19.4 Å². The van der Waals surface area contributed by atoms with Crippen molar-refractivity contribution in [3.63, 3.8) is 0 Å². The maximum absolute atomic E-state index is 11.4. The van der Waals surface area contributed by atoms with Crippen LogP contribution in [0.15, 0.2) is 12.7 Å². The summed E-state index contributed by atoms with van der Waals surface area (Å²) in [6.07, 6.45) is 6.03. The van der Waals surface area contributed by atoms with Crippen LogP contribution in [-0.2, 0) is 9.59 Å². The minimum atomic E-state index is -0.224. The Morgan fingerprint density at radius 1 is 1.46 bits per heavy atom. The fourth-order valence-corrected chi connectivity index (χ4v) is 2.49. The molecule has 1 spiro atoms. The lowest BCUT2D eigenvalue weighted by atomic mass is 9.82. The van der Waals surface area contributed by atoms with E-state index in [1.807, 2.05) is 0 Å². The van der Waals surface area contributed by atoms with Crippen LogP contribution in [0.4, 0.5) is 0 Å². The zero-order chi connectivity index (χ0) is 9.47. The van der Waals surface area contributed by atoms with Crippen LogP contribution in [0.1, 0.15) is 32.1 Å². The highest BCUT2D eigenvalue weighted by Gasteiger charge is 2.54. The Morgan fingerprint density at radius 2 is 2.08 bits per heavy atom. The number of hydrogen-bond acceptors (Lipinski definition) is 2. The van der Waals surface area contributed by atoms with Gasteiger partial charge in [-0.3, -0.25) is 14.5 Å². The number of carbonyl (C=O) groups is 2. The average molecular weight is 179 g/mol. The van der Waals surface area contributed by atoms with Crippen LogP contribution in [0.25, 0.3) is 0 Å². The van der Waals surface area contributed by atoms with E-state index in [0.29, 0.717) is 6.42 Å². The van der Waals surface area contributed by atoms with Gasteiger partial charge in [-0.05, 0) is 18.9 Å². The molecule has 1 aliphatic carbocycles. The number of imide groups is 1. The first-order chi connectivity index (χ1) is 6.19. The van der Waals surface area contributed by atoms with Crippen molar-refractivity contribution in [2.75, 3.05) is 0 Å². The molecule has 0 N–H and O–H groups in total. The average Bonchev–Trinajstić information content (AvgIpc) is 2.54. The minimum Gasteiger partial charge on any atom is -0.274 e. The Labute approximate surface area is 77.4 Å². The van der Waals surface area contributed by atoms with E-state index in [-0.39, 0.29) is 17.4 Å². The molecular weight excluding hydrogens is 166 g/mol. The van der Waals surface area contributed by atoms with Crippen molar-refractivity contribution in [3.05, 3.63) is 12.7 Å². The third kappa shape index (κ3) is 1.03. The van der Waals surface area contributed by atoms with E-state index in [2.05, 4.69) is 6.58 Å². The van der Waals surface area contributed by atoms with E-state index in [0.717, 1.165) is 25.7 Å². The maximum Gasteiger partial charge on any atom is 0.253 e. The van der Waals surface area contributed by atoms with Crippen molar-refractivity contribution in [2.45, 2.75) is 37.6 Å². The molecular formula is C10H13NO2. The number of amides is 2. The molecule has 0 atom stereocenters. The summed E-state index contributed by atoms with van der Waals surface area (Å²) in [7, 11) is 0. The lowest BCUT2D eigenvalue weighted by Gasteiger charge is -2.48. The molecule has 3 nitrogen and oxygen atoms in total. The molecule has 3 heteroatoms.